The maximum atomic E-state index is 12.1. The number of carbonyl (C=O) groups is 1. The standard InChI is InChI=1S/C16H19N3O4/c1-11-5-7-13(23-11)10-17(2)14(20)8-6-12-9-18(3)16(22)19(4)15(12)21/h5-9H,10H2,1-4H3. The lowest BCUT2D eigenvalue weighted by molar-refractivity contribution is -0.125. The number of amides is 1. The van der Waals surface area contributed by atoms with Gasteiger partial charge in [0.2, 0.25) is 5.91 Å². The minimum atomic E-state index is -0.443. The van der Waals surface area contributed by atoms with Crippen molar-refractivity contribution in [1.29, 1.82) is 0 Å². The summed E-state index contributed by atoms with van der Waals surface area (Å²) in [6.45, 7) is 2.17. The third-order valence-electron chi connectivity index (χ3n) is 3.44. The molecule has 0 aromatic carbocycles. The maximum absolute atomic E-state index is 12.1. The molecular formula is C16H19N3O4. The normalized spacial score (nSPS) is 11.1. The van der Waals surface area contributed by atoms with Crippen molar-refractivity contribution in [2.75, 3.05) is 7.05 Å². The van der Waals surface area contributed by atoms with E-state index in [2.05, 4.69) is 0 Å². The number of nitrogens with zero attached hydrogens (tertiary/aromatic N) is 3. The number of aryl methyl sites for hydroxylation is 2. The van der Waals surface area contributed by atoms with Gasteiger partial charge in [-0.15, -0.1) is 0 Å². The van der Waals surface area contributed by atoms with Gasteiger partial charge in [-0.1, -0.05) is 0 Å². The van der Waals surface area contributed by atoms with Crippen LogP contribution in [-0.4, -0.2) is 27.0 Å². The first kappa shape index (κ1) is 16.5. The monoisotopic (exact) mass is 317 g/mol. The molecule has 0 unspecified atom stereocenters. The molecular weight excluding hydrogens is 298 g/mol. The molecule has 7 nitrogen and oxygen atoms in total. The van der Waals surface area contributed by atoms with Gasteiger partial charge in [0.1, 0.15) is 11.5 Å². The van der Waals surface area contributed by atoms with Crippen molar-refractivity contribution in [3.63, 3.8) is 0 Å². The lowest BCUT2D eigenvalue weighted by atomic mass is 10.3. The number of likely N-dealkylation sites (N-methyl/N-ethyl adjacent to an activating group) is 1. The van der Waals surface area contributed by atoms with E-state index in [-0.39, 0.29) is 11.5 Å². The fourth-order valence-corrected chi connectivity index (χ4v) is 2.12. The van der Waals surface area contributed by atoms with Gasteiger partial charge in [-0.3, -0.25) is 14.2 Å². The Morgan fingerprint density at radius 1 is 1.30 bits per heavy atom. The Morgan fingerprint density at radius 2 is 2.00 bits per heavy atom. The minimum Gasteiger partial charge on any atom is -0.464 e. The van der Waals surface area contributed by atoms with Crippen molar-refractivity contribution < 1.29 is 9.21 Å². The number of carbonyl (C=O) groups excluding carboxylic acids is 1. The maximum Gasteiger partial charge on any atom is 0.330 e. The summed E-state index contributed by atoms with van der Waals surface area (Å²) in [6, 6.07) is 3.64. The molecule has 0 bridgehead atoms. The average Bonchev–Trinajstić information content (AvgIpc) is 2.92. The summed E-state index contributed by atoms with van der Waals surface area (Å²) in [4.78, 5) is 37.2. The van der Waals surface area contributed by atoms with Crippen LogP contribution in [0.5, 0.6) is 0 Å². The molecule has 2 aromatic heterocycles. The fraction of sp³-hybridized carbons (Fsp3) is 0.312. The lowest BCUT2D eigenvalue weighted by Crippen LogP contribution is -2.37. The molecule has 2 heterocycles. The number of rotatable bonds is 4. The molecule has 0 atom stereocenters. The minimum absolute atomic E-state index is 0.269. The highest BCUT2D eigenvalue weighted by Crippen LogP contribution is 2.09. The predicted octanol–water partition coefficient (Wildman–Crippen LogP) is 0.657. The number of furan rings is 1. The Bertz CT molecular complexity index is 870. The molecule has 2 rings (SSSR count). The molecule has 0 aliphatic heterocycles. The Kier molecular flexibility index (Phi) is 4.68. The van der Waals surface area contributed by atoms with Gasteiger partial charge in [0.05, 0.1) is 12.1 Å². The predicted molar refractivity (Wildman–Crippen MR) is 85.9 cm³/mol. The lowest BCUT2D eigenvalue weighted by Gasteiger charge is -2.13. The zero-order valence-electron chi connectivity index (χ0n) is 13.6. The third-order valence-corrected chi connectivity index (χ3v) is 3.44. The first-order valence-corrected chi connectivity index (χ1v) is 7.04. The van der Waals surface area contributed by atoms with Crippen molar-refractivity contribution >= 4 is 12.0 Å². The second-order valence-electron chi connectivity index (χ2n) is 5.38. The van der Waals surface area contributed by atoms with Crippen molar-refractivity contribution in [2.24, 2.45) is 14.1 Å². The van der Waals surface area contributed by atoms with Crippen molar-refractivity contribution in [2.45, 2.75) is 13.5 Å². The number of hydrogen-bond donors (Lipinski definition) is 0. The molecule has 0 fully saturated rings. The van der Waals surface area contributed by atoms with Crippen LogP contribution in [0.3, 0.4) is 0 Å². The molecule has 0 aliphatic rings. The van der Waals surface area contributed by atoms with Crippen LogP contribution < -0.4 is 11.2 Å². The molecule has 0 saturated carbocycles. The van der Waals surface area contributed by atoms with Crippen molar-refractivity contribution in [1.82, 2.24) is 14.0 Å². The largest absolute Gasteiger partial charge is 0.464 e. The van der Waals surface area contributed by atoms with Gasteiger partial charge >= 0.3 is 5.69 Å². The van der Waals surface area contributed by atoms with Gasteiger partial charge in [-0.05, 0) is 25.1 Å². The van der Waals surface area contributed by atoms with Crippen LogP contribution in [0.2, 0.25) is 0 Å². The van der Waals surface area contributed by atoms with Crippen LogP contribution in [0, 0.1) is 6.92 Å². The number of hydrogen-bond acceptors (Lipinski definition) is 4. The molecule has 0 radical (unpaired) electrons. The molecule has 2 aromatic rings. The Labute approximate surface area is 133 Å². The van der Waals surface area contributed by atoms with Crippen LogP contribution in [-0.2, 0) is 25.4 Å². The Hall–Kier alpha value is -2.83. The van der Waals surface area contributed by atoms with Crippen LogP contribution in [0.25, 0.3) is 6.08 Å². The number of aromatic nitrogens is 2. The highest BCUT2D eigenvalue weighted by Gasteiger charge is 2.09. The van der Waals surface area contributed by atoms with E-state index in [1.54, 1.807) is 14.1 Å². The van der Waals surface area contributed by atoms with Crippen LogP contribution >= 0.6 is 0 Å². The summed E-state index contributed by atoms with van der Waals surface area (Å²) < 4.78 is 7.71. The smallest absolute Gasteiger partial charge is 0.330 e. The van der Waals surface area contributed by atoms with Crippen LogP contribution in [0.4, 0.5) is 0 Å². The topological polar surface area (TPSA) is 77.5 Å². The molecule has 7 heteroatoms. The van der Waals surface area contributed by atoms with Gasteiger partial charge in [0.25, 0.3) is 5.56 Å². The zero-order chi connectivity index (χ0) is 17.1. The summed E-state index contributed by atoms with van der Waals surface area (Å²) in [7, 11) is 4.59. The van der Waals surface area contributed by atoms with E-state index < -0.39 is 11.2 Å². The van der Waals surface area contributed by atoms with E-state index in [4.69, 9.17) is 4.42 Å². The Balaban J connectivity index is 2.15. The van der Waals surface area contributed by atoms with Crippen LogP contribution in [0.1, 0.15) is 17.1 Å². The summed E-state index contributed by atoms with van der Waals surface area (Å²) in [6.07, 6.45) is 4.12. The summed E-state index contributed by atoms with van der Waals surface area (Å²) >= 11 is 0. The van der Waals surface area contributed by atoms with Gasteiger partial charge in [0, 0.05) is 33.4 Å². The fourth-order valence-electron chi connectivity index (χ4n) is 2.12. The Morgan fingerprint density at radius 3 is 2.61 bits per heavy atom. The summed E-state index contributed by atoms with van der Waals surface area (Å²) in [5, 5.41) is 0. The second-order valence-corrected chi connectivity index (χ2v) is 5.38. The van der Waals surface area contributed by atoms with E-state index >= 15 is 0 Å². The first-order chi connectivity index (χ1) is 10.8. The van der Waals surface area contributed by atoms with Gasteiger partial charge < -0.3 is 13.9 Å². The van der Waals surface area contributed by atoms with Gasteiger partial charge in [-0.25, -0.2) is 4.79 Å². The van der Waals surface area contributed by atoms with E-state index in [9.17, 15) is 14.4 Å². The molecule has 0 aliphatic carbocycles. The molecule has 0 saturated heterocycles. The summed E-state index contributed by atoms with van der Waals surface area (Å²) in [5.74, 6) is 1.20. The quantitative estimate of drug-likeness (QED) is 0.776. The van der Waals surface area contributed by atoms with E-state index in [1.165, 1.54) is 34.9 Å². The molecule has 0 spiro atoms. The highest BCUT2D eigenvalue weighted by molar-refractivity contribution is 5.91. The first-order valence-electron chi connectivity index (χ1n) is 7.04. The van der Waals surface area contributed by atoms with E-state index in [0.717, 1.165) is 10.3 Å². The van der Waals surface area contributed by atoms with E-state index in [1.807, 2.05) is 19.1 Å². The van der Waals surface area contributed by atoms with Crippen molar-refractivity contribution in [3.8, 4) is 0 Å². The molecule has 0 N–H and O–H groups in total. The third kappa shape index (κ3) is 3.68. The highest BCUT2D eigenvalue weighted by atomic mass is 16.3. The van der Waals surface area contributed by atoms with Crippen LogP contribution in [0.15, 0.2) is 38.4 Å². The van der Waals surface area contributed by atoms with Crippen molar-refractivity contribution in [3.05, 3.63) is 62.3 Å². The molecule has 23 heavy (non-hydrogen) atoms. The van der Waals surface area contributed by atoms with Gasteiger partial charge in [0.15, 0.2) is 0 Å². The average molecular weight is 317 g/mol. The SMILES string of the molecule is Cc1ccc(CN(C)C(=O)C=Cc2cn(C)c(=O)n(C)c2=O)o1. The van der Waals surface area contributed by atoms with E-state index in [0.29, 0.717) is 12.3 Å². The summed E-state index contributed by atoms with van der Waals surface area (Å²) in [5.41, 5.74) is -0.588. The molecule has 122 valence electrons. The van der Waals surface area contributed by atoms with Gasteiger partial charge in [-0.2, -0.15) is 0 Å². The molecule has 1 amide bonds. The zero-order valence-corrected chi connectivity index (χ0v) is 13.6. The second kappa shape index (κ2) is 6.51.